The van der Waals surface area contributed by atoms with Crippen molar-refractivity contribution in [3.63, 3.8) is 0 Å². The van der Waals surface area contributed by atoms with E-state index in [0.29, 0.717) is 56.4 Å². The van der Waals surface area contributed by atoms with Crippen molar-refractivity contribution in [1.82, 2.24) is 9.97 Å². The highest BCUT2D eigenvalue weighted by Crippen LogP contribution is 2.40. The molecule has 1 unspecified atom stereocenters. The Labute approximate surface area is 231 Å². The van der Waals surface area contributed by atoms with Gasteiger partial charge in [-0.2, -0.15) is 0 Å². The number of anilines is 2. The number of benzene rings is 1. The molecule has 0 spiro atoms. The molecule has 2 fully saturated rings. The fraction of sp³-hybridized carbons (Fsp3) is 0.414. The molecule has 1 aromatic carbocycles. The summed E-state index contributed by atoms with van der Waals surface area (Å²) < 4.78 is 52.5. The molecule has 0 saturated carbocycles. The minimum Gasteiger partial charge on any atom is -0.494 e. The number of morpholine rings is 1. The van der Waals surface area contributed by atoms with Crippen LogP contribution in [0.25, 0.3) is 22.0 Å². The first-order valence-electron chi connectivity index (χ1n) is 13.1. The molecule has 1 N–H and O–H groups in total. The number of carbonyl (C=O) groups is 1. The number of allylic oxidation sites excluding steroid dienone is 1. The number of pyridine rings is 2. The molecule has 2 aliphatic rings. The number of aromatic nitrogens is 2. The molecule has 2 saturated heterocycles. The third kappa shape index (κ3) is 5.44. The number of halogens is 2. The summed E-state index contributed by atoms with van der Waals surface area (Å²) in [6.45, 7) is 8.01. The van der Waals surface area contributed by atoms with E-state index in [1.807, 2.05) is 17.9 Å². The lowest BCUT2D eigenvalue weighted by Gasteiger charge is -2.33. The van der Waals surface area contributed by atoms with Crippen LogP contribution in [0.5, 0.6) is 11.5 Å². The van der Waals surface area contributed by atoms with Gasteiger partial charge >= 0.3 is 0 Å². The van der Waals surface area contributed by atoms with Crippen LogP contribution in [-0.2, 0) is 14.3 Å². The van der Waals surface area contributed by atoms with E-state index in [4.69, 9.17) is 23.9 Å². The van der Waals surface area contributed by atoms with E-state index in [9.17, 15) is 4.79 Å². The normalized spacial score (nSPS) is 20.9. The maximum absolute atomic E-state index is 15.5. The van der Waals surface area contributed by atoms with Gasteiger partial charge < -0.3 is 29.2 Å². The van der Waals surface area contributed by atoms with Gasteiger partial charge in [0.15, 0.2) is 28.9 Å². The van der Waals surface area contributed by atoms with Crippen LogP contribution in [0, 0.1) is 17.6 Å². The van der Waals surface area contributed by atoms with Crippen LogP contribution in [0.15, 0.2) is 37.1 Å². The van der Waals surface area contributed by atoms with Gasteiger partial charge in [0, 0.05) is 48.5 Å². The summed E-state index contributed by atoms with van der Waals surface area (Å²) in [5, 5.41) is 4.80. The third-order valence-corrected chi connectivity index (χ3v) is 7.29. The second-order valence-corrected chi connectivity index (χ2v) is 9.96. The lowest BCUT2D eigenvalue weighted by atomic mass is 9.97. The van der Waals surface area contributed by atoms with Gasteiger partial charge in [-0.25, -0.2) is 18.7 Å². The zero-order chi connectivity index (χ0) is 28.4. The maximum Gasteiger partial charge on any atom is 0.177 e. The monoisotopic (exact) mass is 554 g/mol. The van der Waals surface area contributed by atoms with Crippen molar-refractivity contribution in [2.24, 2.45) is 5.92 Å². The summed E-state index contributed by atoms with van der Waals surface area (Å²) in [6.07, 6.45) is 3.24. The van der Waals surface area contributed by atoms with Crippen molar-refractivity contribution in [3.05, 3.63) is 48.7 Å². The Kier molecular flexibility index (Phi) is 8.13. The predicted octanol–water partition coefficient (Wildman–Crippen LogP) is 4.39. The molecule has 5 rings (SSSR count). The summed E-state index contributed by atoms with van der Waals surface area (Å²) in [7, 11) is 2.61. The lowest BCUT2D eigenvalue weighted by molar-refractivity contribution is -0.115. The molecule has 40 heavy (non-hydrogen) atoms. The average molecular weight is 555 g/mol. The number of fused-ring (bicyclic) bond motifs is 1. The summed E-state index contributed by atoms with van der Waals surface area (Å²) in [4.78, 5) is 23.4. The molecule has 212 valence electrons. The van der Waals surface area contributed by atoms with Crippen LogP contribution >= 0.6 is 0 Å². The molecule has 0 aliphatic carbocycles. The van der Waals surface area contributed by atoms with Gasteiger partial charge in [0.25, 0.3) is 0 Å². The minimum atomic E-state index is -0.874. The van der Waals surface area contributed by atoms with Crippen molar-refractivity contribution >= 4 is 28.2 Å². The van der Waals surface area contributed by atoms with Gasteiger partial charge in [-0.05, 0) is 25.1 Å². The fourth-order valence-electron chi connectivity index (χ4n) is 5.19. The zero-order valence-corrected chi connectivity index (χ0v) is 22.7. The Morgan fingerprint density at radius 2 is 1.95 bits per heavy atom. The van der Waals surface area contributed by atoms with E-state index in [0.717, 1.165) is 5.39 Å². The van der Waals surface area contributed by atoms with E-state index in [2.05, 4.69) is 16.9 Å². The molecule has 3 aromatic rings. The Balaban J connectivity index is 1.60. The van der Waals surface area contributed by atoms with Gasteiger partial charge in [0.1, 0.15) is 11.6 Å². The highest BCUT2D eigenvalue weighted by atomic mass is 19.1. The largest absolute Gasteiger partial charge is 0.494 e. The molecular formula is C29H32F2N4O5. The van der Waals surface area contributed by atoms with Crippen molar-refractivity contribution < 1.29 is 32.5 Å². The number of ketones is 1. The van der Waals surface area contributed by atoms with Crippen LogP contribution < -0.4 is 19.7 Å². The van der Waals surface area contributed by atoms with Crippen molar-refractivity contribution in [2.45, 2.75) is 25.5 Å². The maximum atomic E-state index is 15.5. The van der Waals surface area contributed by atoms with Crippen molar-refractivity contribution in [2.75, 3.05) is 57.3 Å². The highest BCUT2D eigenvalue weighted by Gasteiger charge is 2.30. The summed E-state index contributed by atoms with van der Waals surface area (Å²) in [5.74, 6) is -0.982. The van der Waals surface area contributed by atoms with Crippen molar-refractivity contribution in [3.8, 4) is 22.8 Å². The Morgan fingerprint density at radius 1 is 1.20 bits per heavy atom. The lowest BCUT2D eigenvalue weighted by Crippen LogP contribution is -2.41. The number of hydrogen-bond donors (Lipinski definition) is 1. The van der Waals surface area contributed by atoms with E-state index in [-0.39, 0.29) is 46.6 Å². The third-order valence-electron chi connectivity index (χ3n) is 7.29. The van der Waals surface area contributed by atoms with Crippen LogP contribution in [0.3, 0.4) is 0 Å². The number of nitrogens with one attached hydrogen (secondary N) is 1. The SMILES string of the molecule is C=CC(=O)C[C@H]1COC[C@H]1Nc1cc2c(N3CCOC(C)C3)nc(-c3c(F)c(OC)cc(OC)c3F)cc2cn1. The topological polar surface area (TPSA) is 95.0 Å². The van der Waals surface area contributed by atoms with Crippen LogP contribution in [-0.4, -0.2) is 75.0 Å². The molecule has 11 heteroatoms. The molecule has 0 bridgehead atoms. The van der Waals surface area contributed by atoms with Crippen molar-refractivity contribution in [1.29, 1.82) is 0 Å². The smallest absolute Gasteiger partial charge is 0.177 e. The molecule has 4 heterocycles. The van der Waals surface area contributed by atoms with Gasteiger partial charge in [0.05, 0.1) is 57.4 Å². The Hall–Kier alpha value is -3.83. The first-order valence-corrected chi connectivity index (χ1v) is 13.1. The predicted molar refractivity (Wildman–Crippen MR) is 147 cm³/mol. The second kappa shape index (κ2) is 11.7. The number of methoxy groups -OCH3 is 2. The molecular weight excluding hydrogens is 522 g/mol. The summed E-state index contributed by atoms with van der Waals surface area (Å²) in [6, 6.07) is 4.53. The molecule has 3 atom stereocenters. The number of hydrogen-bond acceptors (Lipinski definition) is 9. The molecule has 9 nitrogen and oxygen atoms in total. The number of ether oxygens (including phenoxy) is 4. The quantitative estimate of drug-likeness (QED) is 0.387. The number of nitrogens with zero attached hydrogens (tertiary/aromatic N) is 3. The van der Waals surface area contributed by atoms with Crippen LogP contribution in [0.1, 0.15) is 13.3 Å². The molecule has 0 radical (unpaired) electrons. The number of rotatable bonds is 9. The Morgan fingerprint density at radius 3 is 2.62 bits per heavy atom. The first kappa shape index (κ1) is 27.7. The Bertz CT molecular complexity index is 1410. The minimum absolute atomic E-state index is 0.0166. The van der Waals surface area contributed by atoms with Crippen LogP contribution in [0.2, 0.25) is 0 Å². The van der Waals surface area contributed by atoms with Gasteiger partial charge in [-0.15, -0.1) is 0 Å². The summed E-state index contributed by atoms with van der Waals surface area (Å²) in [5.41, 5.74) is -0.260. The molecule has 2 aliphatic heterocycles. The summed E-state index contributed by atoms with van der Waals surface area (Å²) >= 11 is 0. The second-order valence-electron chi connectivity index (χ2n) is 9.96. The van der Waals surface area contributed by atoms with Gasteiger partial charge in [0.2, 0.25) is 0 Å². The van der Waals surface area contributed by atoms with E-state index in [1.165, 1.54) is 26.4 Å². The molecule has 0 amide bonds. The fourth-order valence-corrected chi connectivity index (χ4v) is 5.19. The highest BCUT2D eigenvalue weighted by molar-refractivity contribution is 5.96. The van der Waals surface area contributed by atoms with E-state index < -0.39 is 11.6 Å². The van der Waals surface area contributed by atoms with Gasteiger partial charge in [-0.3, -0.25) is 4.79 Å². The average Bonchev–Trinajstić information content (AvgIpc) is 3.38. The zero-order valence-electron chi connectivity index (χ0n) is 22.7. The standard InChI is InChI=1S/C29H32F2N4O5/c1-5-19(36)8-18-14-39-15-22(18)33-25-10-20-17(12-32-25)9-21(34-29(20)35-6-7-40-16(2)13-35)26-27(30)23(37-3)11-24(38-4)28(26)31/h5,9-12,16,18,22H,1,6-8,13-15H2,2-4H3,(H,32,33)/t16?,18-,22+/m0/s1. The first-order chi connectivity index (χ1) is 19.3. The van der Waals surface area contributed by atoms with Crippen LogP contribution in [0.4, 0.5) is 20.4 Å². The van der Waals surface area contributed by atoms with E-state index in [1.54, 1.807) is 12.3 Å². The van der Waals surface area contributed by atoms with E-state index >= 15 is 8.78 Å². The van der Waals surface area contributed by atoms with Gasteiger partial charge in [-0.1, -0.05) is 6.58 Å². The number of carbonyl (C=O) groups excluding carboxylic acids is 1. The molecule has 2 aromatic heterocycles.